The lowest BCUT2D eigenvalue weighted by molar-refractivity contribution is 0.391. The van der Waals surface area contributed by atoms with Crippen molar-refractivity contribution < 1.29 is 8.42 Å². The Kier molecular flexibility index (Phi) is 3.38. The van der Waals surface area contributed by atoms with Crippen molar-refractivity contribution in [3.05, 3.63) is 47.6 Å². The zero-order valence-corrected chi connectivity index (χ0v) is 11.9. The summed E-state index contributed by atoms with van der Waals surface area (Å²) in [4.78, 5) is 4.30. The minimum absolute atomic E-state index is 0.131. The maximum Gasteiger partial charge on any atom is 0.253 e. The Labute approximate surface area is 116 Å². The highest BCUT2D eigenvalue weighted by molar-refractivity contribution is 7.91. The van der Waals surface area contributed by atoms with Crippen molar-refractivity contribution >= 4 is 21.4 Å². The molecule has 0 saturated carbocycles. The molecular formula is C13H14N2O2S2. The molecule has 0 aliphatic carbocycles. The minimum atomic E-state index is -3.38. The maximum absolute atomic E-state index is 12.6. The summed E-state index contributed by atoms with van der Waals surface area (Å²) in [6, 6.07) is 8.94. The zero-order chi connectivity index (χ0) is 13.3. The van der Waals surface area contributed by atoms with Gasteiger partial charge in [0, 0.05) is 12.7 Å². The van der Waals surface area contributed by atoms with Gasteiger partial charge >= 0.3 is 0 Å². The molecule has 100 valence electrons. The van der Waals surface area contributed by atoms with Gasteiger partial charge in [0.15, 0.2) is 0 Å². The predicted octanol–water partition coefficient (Wildman–Crippen LogP) is 2.67. The van der Waals surface area contributed by atoms with Crippen LogP contribution in [0.15, 0.2) is 46.1 Å². The number of rotatable bonds is 3. The molecule has 2 aromatic rings. The molecule has 0 aromatic carbocycles. The molecule has 2 aromatic heterocycles. The largest absolute Gasteiger partial charge is 0.260 e. The van der Waals surface area contributed by atoms with Crippen LogP contribution in [-0.4, -0.2) is 24.3 Å². The van der Waals surface area contributed by atoms with Gasteiger partial charge in [-0.25, -0.2) is 8.42 Å². The SMILES string of the molecule is O=S(=O)(c1cccs1)N1CCC[C@@H]1c1ccccn1. The zero-order valence-electron chi connectivity index (χ0n) is 10.3. The second-order valence-electron chi connectivity index (χ2n) is 4.46. The minimum Gasteiger partial charge on any atom is -0.260 e. The summed E-state index contributed by atoms with van der Waals surface area (Å²) < 4.78 is 27.2. The molecule has 19 heavy (non-hydrogen) atoms. The second-order valence-corrected chi connectivity index (χ2v) is 7.53. The highest BCUT2D eigenvalue weighted by atomic mass is 32.2. The average molecular weight is 294 g/mol. The van der Waals surface area contributed by atoms with E-state index in [4.69, 9.17) is 0 Å². The molecule has 0 spiro atoms. The van der Waals surface area contributed by atoms with Gasteiger partial charge in [0.25, 0.3) is 10.0 Å². The average Bonchev–Trinajstić information content (AvgIpc) is 3.11. The van der Waals surface area contributed by atoms with Gasteiger partial charge in [-0.1, -0.05) is 12.1 Å². The lowest BCUT2D eigenvalue weighted by atomic mass is 10.1. The van der Waals surface area contributed by atoms with Gasteiger partial charge in [0.2, 0.25) is 0 Å². The molecule has 1 saturated heterocycles. The second kappa shape index (κ2) is 5.03. The molecule has 0 radical (unpaired) electrons. The Morgan fingerprint density at radius 2 is 2.16 bits per heavy atom. The molecule has 3 rings (SSSR count). The van der Waals surface area contributed by atoms with Crippen molar-refractivity contribution in [2.75, 3.05) is 6.54 Å². The van der Waals surface area contributed by atoms with Crippen molar-refractivity contribution in [1.82, 2.24) is 9.29 Å². The summed E-state index contributed by atoms with van der Waals surface area (Å²) in [5.41, 5.74) is 0.833. The Balaban J connectivity index is 1.97. The number of thiophene rings is 1. The van der Waals surface area contributed by atoms with Gasteiger partial charge in [-0.05, 0) is 36.4 Å². The van der Waals surface area contributed by atoms with E-state index >= 15 is 0 Å². The third-order valence-corrected chi connectivity index (χ3v) is 6.57. The molecule has 0 unspecified atom stereocenters. The maximum atomic E-state index is 12.6. The summed E-state index contributed by atoms with van der Waals surface area (Å²) in [6.45, 7) is 0.571. The van der Waals surface area contributed by atoms with Crippen molar-refractivity contribution in [1.29, 1.82) is 0 Å². The number of hydrogen-bond donors (Lipinski definition) is 0. The first-order valence-corrected chi connectivity index (χ1v) is 8.48. The van der Waals surface area contributed by atoms with E-state index in [1.54, 1.807) is 28.0 Å². The van der Waals surface area contributed by atoms with E-state index in [-0.39, 0.29) is 6.04 Å². The van der Waals surface area contributed by atoms with E-state index in [0.717, 1.165) is 18.5 Å². The number of hydrogen-bond acceptors (Lipinski definition) is 4. The number of pyridine rings is 1. The lowest BCUT2D eigenvalue weighted by Gasteiger charge is -2.22. The predicted molar refractivity (Wildman–Crippen MR) is 74.4 cm³/mol. The molecule has 6 heteroatoms. The quantitative estimate of drug-likeness (QED) is 0.874. The highest BCUT2D eigenvalue weighted by Crippen LogP contribution is 2.36. The fourth-order valence-corrected chi connectivity index (χ4v) is 5.21. The molecule has 1 aliphatic rings. The molecule has 1 atom stereocenters. The van der Waals surface area contributed by atoms with E-state index in [0.29, 0.717) is 10.8 Å². The van der Waals surface area contributed by atoms with Crippen LogP contribution in [0.1, 0.15) is 24.6 Å². The van der Waals surface area contributed by atoms with Crippen LogP contribution in [0.3, 0.4) is 0 Å². The van der Waals surface area contributed by atoms with Gasteiger partial charge in [-0.15, -0.1) is 11.3 Å². The molecule has 4 nitrogen and oxygen atoms in total. The van der Waals surface area contributed by atoms with E-state index in [1.807, 2.05) is 18.2 Å². The summed E-state index contributed by atoms with van der Waals surface area (Å²) in [6.07, 6.45) is 3.43. The smallest absolute Gasteiger partial charge is 0.253 e. The Bertz CT molecular complexity index is 639. The van der Waals surface area contributed by atoms with Crippen molar-refractivity contribution in [3.63, 3.8) is 0 Å². The molecule has 0 amide bonds. The first-order valence-electron chi connectivity index (χ1n) is 6.16. The van der Waals surface area contributed by atoms with E-state index in [9.17, 15) is 8.42 Å². The van der Waals surface area contributed by atoms with Gasteiger partial charge in [0.1, 0.15) is 4.21 Å². The van der Waals surface area contributed by atoms with Gasteiger partial charge < -0.3 is 0 Å². The molecule has 1 aliphatic heterocycles. The van der Waals surface area contributed by atoms with Crippen molar-refractivity contribution in [2.24, 2.45) is 0 Å². The Hall–Kier alpha value is -1.24. The number of sulfonamides is 1. The summed E-state index contributed by atoms with van der Waals surface area (Å²) in [5, 5.41) is 1.79. The highest BCUT2D eigenvalue weighted by Gasteiger charge is 2.37. The van der Waals surface area contributed by atoms with Crippen LogP contribution in [0, 0.1) is 0 Å². The fourth-order valence-electron chi connectivity index (χ4n) is 2.42. The lowest BCUT2D eigenvalue weighted by Crippen LogP contribution is -2.30. The van der Waals surface area contributed by atoms with Crippen LogP contribution >= 0.6 is 11.3 Å². The van der Waals surface area contributed by atoms with E-state index in [2.05, 4.69) is 4.98 Å². The molecule has 0 bridgehead atoms. The standard InChI is InChI=1S/C13H14N2O2S2/c16-19(17,13-7-4-10-18-13)15-9-3-6-12(15)11-5-1-2-8-14-11/h1-2,4-5,7-8,10,12H,3,6,9H2/t12-/m1/s1. The molecular weight excluding hydrogens is 280 g/mol. The summed E-state index contributed by atoms with van der Waals surface area (Å²) in [5.74, 6) is 0. The Morgan fingerprint density at radius 1 is 1.26 bits per heavy atom. The third kappa shape index (κ3) is 2.31. The normalized spacial score (nSPS) is 20.7. The Morgan fingerprint density at radius 3 is 2.84 bits per heavy atom. The monoisotopic (exact) mass is 294 g/mol. The van der Waals surface area contributed by atoms with Crippen LogP contribution in [0.25, 0.3) is 0 Å². The molecule has 3 heterocycles. The summed E-state index contributed by atoms with van der Waals surface area (Å²) in [7, 11) is -3.38. The van der Waals surface area contributed by atoms with E-state index in [1.165, 1.54) is 11.3 Å². The van der Waals surface area contributed by atoms with Crippen molar-refractivity contribution in [2.45, 2.75) is 23.1 Å². The number of aromatic nitrogens is 1. The van der Waals surface area contributed by atoms with Crippen LogP contribution in [-0.2, 0) is 10.0 Å². The first-order chi connectivity index (χ1) is 9.19. The van der Waals surface area contributed by atoms with Gasteiger partial charge in [0.05, 0.1) is 11.7 Å². The topological polar surface area (TPSA) is 50.3 Å². The van der Waals surface area contributed by atoms with Crippen LogP contribution < -0.4 is 0 Å². The summed E-state index contributed by atoms with van der Waals surface area (Å²) >= 11 is 1.26. The third-order valence-electron chi connectivity index (χ3n) is 3.29. The van der Waals surface area contributed by atoms with Crippen LogP contribution in [0.2, 0.25) is 0 Å². The van der Waals surface area contributed by atoms with E-state index < -0.39 is 10.0 Å². The van der Waals surface area contributed by atoms with Gasteiger partial charge in [-0.2, -0.15) is 4.31 Å². The number of nitrogens with zero attached hydrogens (tertiary/aromatic N) is 2. The molecule has 0 N–H and O–H groups in total. The van der Waals surface area contributed by atoms with Gasteiger partial charge in [-0.3, -0.25) is 4.98 Å². The van der Waals surface area contributed by atoms with Crippen LogP contribution in [0.5, 0.6) is 0 Å². The van der Waals surface area contributed by atoms with Crippen LogP contribution in [0.4, 0.5) is 0 Å². The fraction of sp³-hybridized carbons (Fsp3) is 0.308. The van der Waals surface area contributed by atoms with Crippen molar-refractivity contribution in [3.8, 4) is 0 Å². The molecule has 1 fully saturated rings. The first kappa shape index (κ1) is 12.8.